The first-order chi connectivity index (χ1) is 14.1. The van der Waals surface area contributed by atoms with Crippen LogP contribution in [0.15, 0.2) is 30.9 Å². The Morgan fingerprint density at radius 1 is 1.27 bits per heavy atom. The molecule has 1 unspecified atom stereocenters. The number of amides is 1. The second kappa shape index (κ2) is 6.75. The number of aromatic nitrogens is 6. The Bertz CT molecular complexity index is 1110. The van der Waals surface area contributed by atoms with Gasteiger partial charge in [-0.1, -0.05) is 13.8 Å². The summed E-state index contributed by atoms with van der Waals surface area (Å²) in [5, 5.41) is 17.6. The molecule has 0 aromatic carbocycles. The summed E-state index contributed by atoms with van der Waals surface area (Å²) in [6.45, 7) is 3.85. The van der Waals surface area contributed by atoms with Gasteiger partial charge < -0.3 is 11.1 Å². The standard InChI is InChI=1S/C18H17F3N8O/c1-17(2)6-10(11-8-24-28-14(22)13(11)17)16(30)27-9-5-12(18(19,20)21)15(23-7-9)29-25-3-4-26-29/h3-5,7-8,10H,6H2,1-2H3,(H2,22,28)(H,27,30). The minimum Gasteiger partial charge on any atom is -0.382 e. The number of fused-ring (bicyclic) bond motifs is 1. The van der Waals surface area contributed by atoms with Crippen LogP contribution in [0.25, 0.3) is 5.82 Å². The summed E-state index contributed by atoms with van der Waals surface area (Å²) in [7, 11) is 0. The molecule has 9 nitrogen and oxygen atoms in total. The lowest BCUT2D eigenvalue weighted by molar-refractivity contribution is -0.137. The summed E-state index contributed by atoms with van der Waals surface area (Å²) in [6.07, 6.45) is 0.780. The highest BCUT2D eigenvalue weighted by molar-refractivity contribution is 5.97. The molecular weight excluding hydrogens is 401 g/mol. The minimum absolute atomic E-state index is 0.0931. The molecule has 0 radical (unpaired) electrons. The van der Waals surface area contributed by atoms with Gasteiger partial charge in [0.1, 0.15) is 11.4 Å². The van der Waals surface area contributed by atoms with Crippen LogP contribution in [0.5, 0.6) is 0 Å². The van der Waals surface area contributed by atoms with Crippen molar-refractivity contribution in [2.45, 2.75) is 37.8 Å². The average molecular weight is 418 g/mol. The first-order valence-electron chi connectivity index (χ1n) is 8.94. The Hall–Kier alpha value is -3.57. The number of carbonyl (C=O) groups is 1. The van der Waals surface area contributed by atoms with Gasteiger partial charge in [0, 0.05) is 5.56 Å². The lowest BCUT2D eigenvalue weighted by atomic mass is 9.86. The Kier molecular flexibility index (Phi) is 4.44. The van der Waals surface area contributed by atoms with Crippen LogP contribution in [-0.4, -0.2) is 36.1 Å². The fourth-order valence-electron chi connectivity index (χ4n) is 3.82. The van der Waals surface area contributed by atoms with Crippen molar-refractivity contribution < 1.29 is 18.0 Å². The monoisotopic (exact) mass is 418 g/mol. The van der Waals surface area contributed by atoms with E-state index in [1.807, 2.05) is 13.8 Å². The van der Waals surface area contributed by atoms with E-state index in [4.69, 9.17) is 5.73 Å². The molecule has 12 heteroatoms. The minimum atomic E-state index is -4.72. The van der Waals surface area contributed by atoms with Gasteiger partial charge in [0.15, 0.2) is 5.82 Å². The van der Waals surface area contributed by atoms with Gasteiger partial charge in [-0.05, 0) is 23.5 Å². The van der Waals surface area contributed by atoms with Crippen LogP contribution < -0.4 is 11.1 Å². The van der Waals surface area contributed by atoms with Gasteiger partial charge in [-0.25, -0.2) is 4.98 Å². The maximum Gasteiger partial charge on any atom is 0.420 e. The Labute approximate surface area is 168 Å². The van der Waals surface area contributed by atoms with E-state index in [1.165, 1.54) is 18.6 Å². The molecule has 3 N–H and O–H groups in total. The maximum atomic E-state index is 13.6. The summed E-state index contributed by atoms with van der Waals surface area (Å²) < 4.78 is 40.7. The van der Waals surface area contributed by atoms with E-state index in [1.54, 1.807) is 0 Å². The third-order valence-corrected chi connectivity index (χ3v) is 5.04. The van der Waals surface area contributed by atoms with Gasteiger partial charge in [0.2, 0.25) is 5.91 Å². The molecule has 0 fully saturated rings. The van der Waals surface area contributed by atoms with E-state index in [-0.39, 0.29) is 11.5 Å². The van der Waals surface area contributed by atoms with E-state index in [9.17, 15) is 18.0 Å². The van der Waals surface area contributed by atoms with Crippen molar-refractivity contribution in [3.63, 3.8) is 0 Å². The number of alkyl halides is 3. The van der Waals surface area contributed by atoms with Crippen LogP contribution >= 0.6 is 0 Å². The summed E-state index contributed by atoms with van der Waals surface area (Å²) >= 11 is 0. The number of nitrogen functional groups attached to an aromatic ring is 1. The molecule has 1 aliphatic rings. The molecule has 3 aromatic rings. The number of hydrogen-bond donors (Lipinski definition) is 2. The van der Waals surface area contributed by atoms with Crippen LogP contribution in [-0.2, 0) is 16.4 Å². The molecule has 3 aromatic heterocycles. The smallest absolute Gasteiger partial charge is 0.382 e. The molecule has 0 spiro atoms. The van der Waals surface area contributed by atoms with Crippen molar-refractivity contribution in [2.75, 3.05) is 11.1 Å². The zero-order valence-electron chi connectivity index (χ0n) is 16.0. The number of nitrogens with zero attached hydrogens (tertiary/aromatic N) is 6. The van der Waals surface area contributed by atoms with E-state index < -0.39 is 34.8 Å². The third-order valence-electron chi connectivity index (χ3n) is 5.04. The topological polar surface area (TPSA) is 124 Å². The number of carbonyl (C=O) groups excluding carboxylic acids is 1. The van der Waals surface area contributed by atoms with E-state index in [2.05, 4.69) is 30.7 Å². The molecule has 1 amide bonds. The lowest BCUT2D eigenvalue weighted by Crippen LogP contribution is -2.22. The van der Waals surface area contributed by atoms with Gasteiger partial charge in [0.05, 0.1) is 36.4 Å². The molecule has 4 rings (SSSR count). The van der Waals surface area contributed by atoms with Gasteiger partial charge in [0.25, 0.3) is 0 Å². The normalized spacial score (nSPS) is 17.6. The number of anilines is 2. The molecular formula is C18H17F3N8O. The third kappa shape index (κ3) is 3.33. The molecule has 30 heavy (non-hydrogen) atoms. The van der Waals surface area contributed by atoms with Crippen LogP contribution in [0.3, 0.4) is 0 Å². The van der Waals surface area contributed by atoms with Crippen LogP contribution in [0.1, 0.15) is 42.9 Å². The predicted octanol–water partition coefficient (Wildman–Crippen LogP) is 2.46. The van der Waals surface area contributed by atoms with Crippen LogP contribution in [0, 0.1) is 0 Å². The van der Waals surface area contributed by atoms with E-state index >= 15 is 0 Å². The molecule has 3 heterocycles. The number of halogens is 3. The summed E-state index contributed by atoms with van der Waals surface area (Å²) in [5.41, 5.74) is 5.69. The summed E-state index contributed by atoms with van der Waals surface area (Å²) in [5.74, 6) is -1.35. The zero-order valence-corrected chi connectivity index (χ0v) is 16.0. The number of nitrogens with two attached hydrogens (primary N) is 1. The Morgan fingerprint density at radius 3 is 2.63 bits per heavy atom. The van der Waals surface area contributed by atoms with Crippen molar-refractivity contribution in [1.29, 1.82) is 0 Å². The number of hydrogen-bond acceptors (Lipinski definition) is 7. The highest BCUT2D eigenvalue weighted by Gasteiger charge is 2.43. The summed E-state index contributed by atoms with van der Waals surface area (Å²) in [4.78, 5) is 17.5. The van der Waals surface area contributed by atoms with Gasteiger partial charge in [-0.2, -0.15) is 28.5 Å². The predicted molar refractivity (Wildman–Crippen MR) is 99.6 cm³/mol. The average Bonchev–Trinajstić information content (AvgIpc) is 3.28. The van der Waals surface area contributed by atoms with Crippen molar-refractivity contribution in [3.05, 3.63) is 47.5 Å². The van der Waals surface area contributed by atoms with Crippen molar-refractivity contribution >= 4 is 17.4 Å². The number of rotatable bonds is 3. The summed E-state index contributed by atoms with van der Waals surface area (Å²) in [6, 6.07) is 0.809. The molecule has 0 saturated heterocycles. The molecule has 1 atom stereocenters. The first-order valence-corrected chi connectivity index (χ1v) is 8.94. The van der Waals surface area contributed by atoms with E-state index in [0.29, 0.717) is 12.0 Å². The molecule has 156 valence electrons. The SMILES string of the molecule is CC1(C)CC(C(=O)Nc2cnc(-n3nccn3)c(C(F)(F)F)c2)c2cnnc(N)c21. The quantitative estimate of drug-likeness (QED) is 0.669. The van der Waals surface area contributed by atoms with Gasteiger partial charge in [-0.3, -0.25) is 4.79 Å². The molecule has 1 aliphatic carbocycles. The van der Waals surface area contributed by atoms with Crippen LogP contribution in [0.4, 0.5) is 24.7 Å². The second-order valence-electron chi connectivity index (χ2n) is 7.60. The highest BCUT2D eigenvalue weighted by atomic mass is 19.4. The molecule has 0 aliphatic heterocycles. The largest absolute Gasteiger partial charge is 0.420 e. The molecule has 0 bridgehead atoms. The fourth-order valence-corrected chi connectivity index (χ4v) is 3.82. The van der Waals surface area contributed by atoms with Crippen molar-refractivity contribution in [1.82, 2.24) is 30.2 Å². The zero-order chi connectivity index (χ0) is 21.7. The van der Waals surface area contributed by atoms with Crippen molar-refractivity contribution in [2.24, 2.45) is 0 Å². The van der Waals surface area contributed by atoms with Gasteiger partial charge in [-0.15, -0.1) is 9.90 Å². The first kappa shape index (κ1) is 19.7. The second-order valence-corrected chi connectivity index (χ2v) is 7.60. The van der Waals surface area contributed by atoms with Crippen LogP contribution in [0.2, 0.25) is 0 Å². The molecule has 0 saturated carbocycles. The number of nitrogens with one attached hydrogen (secondary N) is 1. The Balaban J connectivity index is 1.66. The van der Waals surface area contributed by atoms with Gasteiger partial charge >= 0.3 is 6.18 Å². The lowest BCUT2D eigenvalue weighted by Gasteiger charge is -2.19. The van der Waals surface area contributed by atoms with Crippen molar-refractivity contribution in [3.8, 4) is 5.82 Å². The Morgan fingerprint density at radius 2 is 1.97 bits per heavy atom. The maximum absolute atomic E-state index is 13.6. The highest BCUT2D eigenvalue weighted by Crippen LogP contribution is 2.47. The number of pyridine rings is 1. The fraction of sp³-hybridized carbons (Fsp3) is 0.333. The van der Waals surface area contributed by atoms with E-state index in [0.717, 1.165) is 22.6 Å².